The second-order valence-electron chi connectivity index (χ2n) is 4.59. The number of fused-ring (bicyclic) bond motifs is 1. The number of anilines is 1. The average molecular weight is 243 g/mol. The first kappa shape index (κ1) is 12.8. The number of pyridine rings is 1. The standard InChI is InChI=1S/C15H21N3/c1-4-16-9-10-18(3)15-11-12(2)13-7-5-6-8-14(13)17-15/h5-8,11,16H,4,9-10H2,1-3H3. The summed E-state index contributed by atoms with van der Waals surface area (Å²) >= 11 is 0. The maximum absolute atomic E-state index is 4.71. The fourth-order valence-corrected chi connectivity index (χ4v) is 2.07. The summed E-state index contributed by atoms with van der Waals surface area (Å²) in [7, 11) is 2.09. The Morgan fingerprint density at radius 2 is 2.06 bits per heavy atom. The predicted molar refractivity (Wildman–Crippen MR) is 78.3 cm³/mol. The molecule has 1 aromatic carbocycles. The average Bonchev–Trinajstić information content (AvgIpc) is 2.39. The molecule has 96 valence electrons. The number of benzene rings is 1. The molecule has 1 heterocycles. The summed E-state index contributed by atoms with van der Waals surface area (Å²) in [5, 5.41) is 4.57. The summed E-state index contributed by atoms with van der Waals surface area (Å²) < 4.78 is 0. The van der Waals surface area contributed by atoms with Crippen LogP contribution in [-0.4, -0.2) is 31.7 Å². The van der Waals surface area contributed by atoms with Crippen LogP contribution in [0.15, 0.2) is 30.3 Å². The number of rotatable bonds is 5. The Labute approximate surface area is 109 Å². The van der Waals surface area contributed by atoms with Crippen LogP contribution in [0.2, 0.25) is 0 Å². The Bertz CT molecular complexity index is 522. The molecule has 0 aliphatic carbocycles. The smallest absolute Gasteiger partial charge is 0.129 e. The summed E-state index contributed by atoms with van der Waals surface area (Å²) in [4.78, 5) is 6.91. The molecule has 0 unspecified atom stereocenters. The van der Waals surface area contributed by atoms with E-state index >= 15 is 0 Å². The minimum Gasteiger partial charge on any atom is -0.358 e. The van der Waals surface area contributed by atoms with E-state index in [2.05, 4.69) is 55.4 Å². The molecule has 0 radical (unpaired) electrons. The molecule has 18 heavy (non-hydrogen) atoms. The maximum atomic E-state index is 4.71. The van der Waals surface area contributed by atoms with Gasteiger partial charge in [-0.1, -0.05) is 25.1 Å². The van der Waals surface area contributed by atoms with Crippen molar-refractivity contribution in [2.24, 2.45) is 0 Å². The number of nitrogens with one attached hydrogen (secondary N) is 1. The van der Waals surface area contributed by atoms with Gasteiger partial charge in [-0.15, -0.1) is 0 Å². The molecular weight excluding hydrogens is 222 g/mol. The lowest BCUT2D eigenvalue weighted by molar-refractivity contribution is 0.703. The minimum absolute atomic E-state index is 0.971. The van der Waals surface area contributed by atoms with Gasteiger partial charge in [-0.25, -0.2) is 4.98 Å². The van der Waals surface area contributed by atoms with Gasteiger partial charge in [0.1, 0.15) is 5.82 Å². The van der Waals surface area contributed by atoms with Crippen molar-refractivity contribution in [2.45, 2.75) is 13.8 Å². The van der Waals surface area contributed by atoms with Crippen molar-refractivity contribution in [2.75, 3.05) is 31.6 Å². The molecule has 3 heteroatoms. The number of likely N-dealkylation sites (N-methyl/N-ethyl adjacent to an activating group) is 2. The molecule has 0 amide bonds. The van der Waals surface area contributed by atoms with Gasteiger partial charge in [0.05, 0.1) is 5.52 Å². The highest BCUT2D eigenvalue weighted by Crippen LogP contribution is 2.21. The third-order valence-corrected chi connectivity index (χ3v) is 3.17. The van der Waals surface area contributed by atoms with E-state index in [0.717, 1.165) is 31.0 Å². The van der Waals surface area contributed by atoms with Crippen LogP contribution in [0.4, 0.5) is 5.82 Å². The van der Waals surface area contributed by atoms with Crippen LogP contribution in [0.1, 0.15) is 12.5 Å². The van der Waals surface area contributed by atoms with Crippen LogP contribution in [0.25, 0.3) is 10.9 Å². The van der Waals surface area contributed by atoms with Crippen LogP contribution in [-0.2, 0) is 0 Å². The largest absolute Gasteiger partial charge is 0.358 e. The lowest BCUT2D eigenvalue weighted by atomic mass is 10.1. The van der Waals surface area contributed by atoms with E-state index in [1.54, 1.807) is 0 Å². The Balaban J connectivity index is 2.23. The van der Waals surface area contributed by atoms with Crippen molar-refractivity contribution in [3.8, 4) is 0 Å². The molecule has 0 spiro atoms. The van der Waals surface area contributed by atoms with Crippen LogP contribution in [0, 0.1) is 6.92 Å². The molecule has 3 nitrogen and oxygen atoms in total. The van der Waals surface area contributed by atoms with Crippen molar-refractivity contribution in [1.29, 1.82) is 0 Å². The Hall–Kier alpha value is -1.61. The lowest BCUT2D eigenvalue weighted by Crippen LogP contribution is -2.29. The Morgan fingerprint density at radius 3 is 2.83 bits per heavy atom. The second-order valence-corrected chi connectivity index (χ2v) is 4.59. The lowest BCUT2D eigenvalue weighted by Gasteiger charge is -2.19. The zero-order chi connectivity index (χ0) is 13.0. The maximum Gasteiger partial charge on any atom is 0.129 e. The minimum atomic E-state index is 0.971. The third kappa shape index (κ3) is 2.79. The first-order chi connectivity index (χ1) is 8.72. The molecule has 0 aliphatic rings. The van der Waals surface area contributed by atoms with Crippen molar-refractivity contribution < 1.29 is 0 Å². The van der Waals surface area contributed by atoms with E-state index < -0.39 is 0 Å². The van der Waals surface area contributed by atoms with E-state index in [-0.39, 0.29) is 0 Å². The zero-order valence-corrected chi connectivity index (χ0v) is 11.4. The number of para-hydroxylation sites is 1. The summed E-state index contributed by atoms with van der Waals surface area (Å²) in [6.45, 7) is 7.24. The van der Waals surface area contributed by atoms with Crippen LogP contribution in [0.3, 0.4) is 0 Å². The summed E-state index contributed by atoms with van der Waals surface area (Å²) in [6.07, 6.45) is 0. The first-order valence-electron chi connectivity index (χ1n) is 6.50. The summed E-state index contributed by atoms with van der Waals surface area (Å²) in [5.41, 5.74) is 2.36. The molecule has 0 atom stereocenters. The fraction of sp³-hybridized carbons (Fsp3) is 0.400. The predicted octanol–water partition coefficient (Wildman–Crippen LogP) is 2.59. The first-order valence-corrected chi connectivity index (χ1v) is 6.50. The molecular formula is C15H21N3. The monoisotopic (exact) mass is 243 g/mol. The molecule has 0 saturated heterocycles. The van der Waals surface area contributed by atoms with Crippen molar-refractivity contribution in [3.63, 3.8) is 0 Å². The summed E-state index contributed by atoms with van der Waals surface area (Å²) in [6, 6.07) is 10.5. The SMILES string of the molecule is CCNCCN(C)c1cc(C)c2ccccc2n1. The highest BCUT2D eigenvalue weighted by Gasteiger charge is 2.05. The Morgan fingerprint density at radius 1 is 1.28 bits per heavy atom. The van der Waals surface area contributed by atoms with Gasteiger partial charge >= 0.3 is 0 Å². The number of aromatic nitrogens is 1. The molecule has 1 N–H and O–H groups in total. The highest BCUT2D eigenvalue weighted by atomic mass is 15.2. The number of hydrogen-bond acceptors (Lipinski definition) is 3. The number of hydrogen-bond donors (Lipinski definition) is 1. The zero-order valence-electron chi connectivity index (χ0n) is 11.4. The van der Waals surface area contributed by atoms with E-state index in [4.69, 9.17) is 4.98 Å². The second kappa shape index (κ2) is 5.83. The highest BCUT2D eigenvalue weighted by molar-refractivity contribution is 5.83. The van der Waals surface area contributed by atoms with Gasteiger partial charge < -0.3 is 10.2 Å². The van der Waals surface area contributed by atoms with Crippen molar-refractivity contribution in [1.82, 2.24) is 10.3 Å². The number of aryl methyl sites for hydroxylation is 1. The van der Waals surface area contributed by atoms with Gasteiger partial charge in [-0.3, -0.25) is 0 Å². The van der Waals surface area contributed by atoms with Crippen molar-refractivity contribution in [3.05, 3.63) is 35.9 Å². The van der Waals surface area contributed by atoms with Gasteiger partial charge in [0.2, 0.25) is 0 Å². The molecule has 2 aromatic rings. The van der Waals surface area contributed by atoms with Crippen LogP contribution in [0.5, 0.6) is 0 Å². The third-order valence-electron chi connectivity index (χ3n) is 3.17. The van der Waals surface area contributed by atoms with Gasteiger partial charge in [-0.05, 0) is 31.2 Å². The molecule has 0 saturated carbocycles. The Kier molecular flexibility index (Phi) is 4.15. The van der Waals surface area contributed by atoms with Gasteiger partial charge in [-0.2, -0.15) is 0 Å². The number of nitrogens with zero attached hydrogens (tertiary/aromatic N) is 2. The molecule has 2 rings (SSSR count). The molecule has 0 fully saturated rings. The van der Waals surface area contributed by atoms with Gasteiger partial charge in [0.25, 0.3) is 0 Å². The quantitative estimate of drug-likeness (QED) is 0.818. The molecule has 0 bridgehead atoms. The van der Waals surface area contributed by atoms with E-state index in [1.165, 1.54) is 10.9 Å². The van der Waals surface area contributed by atoms with E-state index in [1.807, 2.05) is 6.07 Å². The van der Waals surface area contributed by atoms with Crippen LogP contribution < -0.4 is 10.2 Å². The molecule has 0 aliphatic heterocycles. The normalized spacial score (nSPS) is 10.8. The summed E-state index contributed by atoms with van der Waals surface area (Å²) in [5.74, 6) is 1.05. The van der Waals surface area contributed by atoms with Crippen molar-refractivity contribution >= 4 is 16.7 Å². The topological polar surface area (TPSA) is 28.2 Å². The van der Waals surface area contributed by atoms with Gasteiger partial charge in [0.15, 0.2) is 0 Å². The van der Waals surface area contributed by atoms with E-state index in [0.29, 0.717) is 0 Å². The molecule has 1 aromatic heterocycles. The van der Waals surface area contributed by atoms with E-state index in [9.17, 15) is 0 Å². The van der Waals surface area contributed by atoms with Crippen LogP contribution >= 0.6 is 0 Å². The van der Waals surface area contributed by atoms with Gasteiger partial charge in [0, 0.05) is 25.5 Å². The fourth-order valence-electron chi connectivity index (χ4n) is 2.07.